The first-order valence-electron chi connectivity index (χ1n) is 5.59. The third-order valence-electron chi connectivity index (χ3n) is 2.30. The van der Waals surface area contributed by atoms with Gasteiger partial charge in [0.1, 0.15) is 5.75 Å². The van der Waals surface area contributed by atoms with Gasteiger partial charge >= 0.3 is 5.97 Å². The highest BCUT2D eigenvalue weighted by atomic mass is 16.5. The summed E-state index contributed by atoms with van der Waals surface area (Å²) < 4.78 is 5.43. The molecule has 0 fully saturated rings. The van der Waals surface area contributed by atoms with Crippen molar-refractivity contribution in [3.63, 3.8) is 0 Å². The van der Waals surface area contributed by atoms with Gasteiger partial charge in [-0.3, -0.25) is 14.4 Å². The van der Waals surface area contributed by atoms with Gasteiger partial charge in [0.05, 0.1) is 23.7 Å². The summed E-state index contributed by atoms with van der Waals surface area (Å²) in [7, 11) is 0. The first-order valence-corrected chi connectivity index (χ1v) is 5.59. The Balaban J connectivity index is 3.44. The van der Waals surface area contributed by atoms with E-state index in [-0.39, 0.29) is 29.4 Å². The Morgan fingerprint density at radius 2 is 2.05 bits per heavy atom. The molecule has 3 N–H and O–H groups in total. The Morgan fingerprint density at radius 3 is 2.47 bits per heavy atom. The molecule has 6 heteroatoms. The average molecular weight is 264 g/mol. The monoisotopic (exact) mass is 264 g/mol. The smallest absolute Gasteiger partial charge is 0.307 e. The lowest BCUT2D eigenvalue weighted by Gasteiger charge is -2.16. The molecule has 1 radical (unpaired) electrons. The number of benzene rings is 1. The molecule has 6 nitrogen and oxygen atoms in total. The summed E-state index contributed by atoms with van der Waals surface area (Å²) in [4.78, 5) is 33.0. The second-order valence-electron chi connectivity index (χ2n) is 4.18. The Bertz CT molecular complexity index is 522. The molecule has 1 rings (SSSR count). The molecule has 0 unspecified atom stereocenters. The molecule has 0 aromatic heterocycles. The summed E-state index contributed by atoms with van der Waals surface area (Å²) in [5.41, 5.74) is 5.27. The van der Waals surface area contributed by atoms with Crippen LogP contribution in [0.3, 0.4) is 0 Å². The lowest BCUT2D eigenvalue weighted by Crippen LogP contribution is -2.18. The molecular weight excluding hydrogens is 250 g/mol. The van der Waals surface area contributed by atoms with Crippen LogP contribution in [0.1, 0.15) is 35.3 Å². The van der Waals surface area contributed by atoms with Gasteiger partial charge in [0.2, 0.25) is 12.2 Å². The highest BCUT2D eigenvalue weighted by Crippen LogP contribution is 2.27. The number of carbonyl (C=O) groups excluding carboxylic acids is 2. The van der Waals surface area contributed by atoms with Crippen molar-refractivity contribution in [2.24, 2.45) is 5.73 Å². The summed E-state index contributed by atoms with van der Waals surface area (Å²) in [5, 5.41) is 8.82. The van der Waals surface area contributed by atoms with Crippen LogP contribution in [-0.2, 0) is 16.0 Å². The fourth-order valence-corrected chi connectivity index (χ4v) is 1.60. The molecule has 1 amide bonds. The number of carboxylic acid groups (broad SMARTS) is 1. The van der Waals surface area contributed by atoms with Crippen molar-refractivity contribution in [1.82, 2.24) is 0 Å². The van der Waals surface area contributed by atoms with E-state index >= 15 is 0 Å². The van der Waals surface area contributed by atoms with Crippen LogP contribution < -0.4 is 10.5 Å². The molecule has 0 bridgehead atoms. The molecule has 0 heterocycles. The van der Waals surface area contributed by atoms with Crippen molar-refractivity contribution in [3.05, 3.63) is 28.8 Å². The van der Waals surface area contributed by atoms with Crippen LogP contribution in [0.5, 0.6) is 5.75 Å². The van der Waals surface area contributed by atoms with Crippen molar-refractivity contribution >= 4 is 18.2 Å². The zero-order valence-corrected chi connectivity index (χ0v) is 10.6. The van der Waals surface area contributed by atoms with Crippen molar-refractivity contribution in [2.45, 2.75) is 26.4 Å². The van der Waals surface area contributed by atoms with Crippen LogP contribution in [0.2, 0.25) is 0 Å². The van der Waals surface area contributed by atoms with Crippen molar-refractivity contribution in [3.8, 4) is 5.75 Å². The molecular formula is C13H14NO5. The number of hydrogen-bond acceptors (Lipinski definition) is 4. The van der Waals surface area contributed by atoms with Crippen molar-refractivity contribution in [1.29, 1.82) is 0 Å². The van der Waals surface area contributed by atoms with E-state index in [0.717, 1.165) is 0 Å². The number of rotatable bonds is 6. The van der Waals surface area contributed by atoms with E-state index < -0.39 is 11.9 Å². The summed E-state index contributed by atoms with van der Waals surface area (Å²) in [6.45, 7) is 3.44. The van der Waals surface area contributed by atoms with Crippen LogP contribution in [0.25, 0.3) is 0 Å². The summed E-state index contributed by atoms with van der Waals surface area (Å²) in [5.74, 6) is -1.82. The Kier molecular flexibility index (Phi) is 4.63. The van der Waals surface area contributed by atoms with E-state index in [1.54, 1.807) is 20.1 Å². The average Bonchev–Trinajstić information content (AvgIpc) is 2.29. The number of nitrogens with two attached hydrogens (primary N) is 1. The fourth-order valence-electron chi connectivity index (χ4n) is 1.60. The molecule has 19 heavy (non-hydrogen) atoms. The van der Waals surface area contributed by atoms with Gasteiger partial charge in [-0.25, -0.2) is 0 Å². The SMILES string of the molecule is CC(C)Oc1c(CC(=O)O)ccc(C(N)=O)c1[C]=O. The molecule has 0 aliphatic rings. The van der Waals surface area contributed by atoms with E-state index in [4.69, 9.17) is 15.6 Å². The van der Waals surface area contributed by atoms with Crippen LogP contribution in [0.15, 0.2) is 12.1 Å². The minimum absolute atomic E-state index is 0.0419. The number of ether oxygens (including phenoxy) is 1. The van der Waals surface area contributed by atoms with Crippen LogP contribution >= 0.6 is 0 Å². The van der Waals surface area contributed by atoms with Gasteiger partial charge in [-0.2, -0.15) is 0 Å². The molecule has 1 aromatic rings. The maximum Gasteiger partial charge on any atom is 0.307 e. The number of aliphatic carboxylic acids is 1. The first kappa shape index (κ1) is 14.7. The highest BCUT2D eigenvalue weighted by Gasteiger charge is 2.20. The van der Waals surface area contributed by atoms with Gasteiger partial charge in [-0.1, -0.05) is 6.07 Å². The predicted molar refractivity (Wildman–Crippen MR) is 66.9 cm³/mol. The minimum Gasteiger partial charge on any atom is -0.490 e. The van der Waals surface area contributed by atoms with E-state index in [1.165, 1.54) is 12.1 Å². The Labute approximate surface area is 110 Å². The normalized spacial score (nSPS) is 10.3. The van der Waals surface area contributed by atoms with Crippen LogP contribution in [0.4, 0.5) is 0 Å². The van der Waals surface area contributed by atoms with Gasteiger partial charge < -0.3 is 15.6 Å². The van der Waals surface area contributed by atoms with Gasteiger partial charge in [0, 0.05) is 5.56 Å². The molecule has 0 spiro atoms. The van der Waals surface area contributed by atoms with Crippen molar-refractivity contribution < 1.29 is 24.2 Å². The number of carboxylic acids is 1. The third-order valence-corrected chi connectivity index (χ3v) is 2.30. The third kappa shape index (κ3) is 3.54. The van der Waals surface area contributed by atoms with Gasteiger partial charge in [0.15, 0.2) is 0 Å². The number of hydrogen-bond donors (Lipinski definition) is 2. The Morgan fingerprint density at radius 1 is 1.42 bits per heavy atom. The van der Waals surface area contributed by atoms with E-state index in [2.05, 4.69) is 0 Å². The topological polar surface area (TPSA) is 107 Å². The molecule has 0 saturated carbocycles. The van der Waals surface area contributed by atoms with E-state index in [9.17, 15) is 14.4 Å². The van der Waals surface area contributed by atoms with E-state index in [1.807, 2.05) is 0 Å². The maximum absolute atomic E-state index is 11.2. The highest BCUT2D eigenvalue weighted by molar-refractivity contribution is 6.02. The molecule has 101 valence electrons. The van der Waals surface area contributed by atoms with Crippen LogP contribution in [-0.4, -0.2) is 29.4 Å². The lowest BCUT2D eigenvalue weighted by molar-refractivity contribution is -0.136. The largest absolute Gasteiger partial charge is 0.490 e. The van der Waals surface area contributed by atoms with Crippen LogP contribution in [0, 0.1) is 0 Å². The Hall–Kier alpha value is -2.37. The minimum atomic E-state index is -1.07. The summed E-state index contributed by atoms with van der Waals surface area (Å²) in [6, 6.07) is 2.71. The molecule has 0 atom stereocenters. The van der Waals surface area contributed by atoms with E-state index in [0.29, 0.717) is 5.56 Å². The molecule has 1 aromatic carbocycles. The first-order chi connectivity index (χ1) is 8.86. The second-order valence-corrected chi connectivity index (χ2v) is 4.18. The number of carbonyl (C=O) groups is 2. The van der Waals surface area contributed by atoms with Gasteiger partial charge in [-0.15, -0.1) is 0 Å². The molecule has 0 saturated heterocycles. The predicted octanol–water partition coefficient (Wildman–Crippen LogP) is 0.658. The van der Waals surface area contributed by atoms with Gasteiger partial charge in [-0.05, 0) is 19.9 Å². The maximum atomic E-state index is 11.2. The van der Waals surface area contributed by atoms with Crippen molar-refractivity contribution in [2.75, 3.05) is 0 Å². The number of primary amides is 1. The quantitative estimate of drug-likeness (QED) is 0.784. The molecule has 0 aliphatic carbocycles. The zero-order chi connectivity index (χ0) is 14.6. The van der Waals surface area contributed by atoms with Gasteiger partial charge in [0.25, 0.3) is 0 Å². The standard InChI is InChI=1S/C13H14NO5/c1-7(2)19-12-8(5-11(16)17)3-4-9(13(14)18)10(12)6-15/h3-4,7H,5H2,1-2H3,(H2,14,18)(H,16,17). The lowest BCUT2D eigenvalue weighted by atomic mass is 10.0. The number of amides is 1. The summed E-state index contributed by atoms with van der Waals surface area (Å²) in [6.07, 6.45) is 0.983. The summed E-state index contributed by atoms with van der Waals surface area (Å²) >= 11 is 0. The molecule has 0 aliphatic heterocycles. The fraction of sp³-hybridized carbons (Fsp3) is 0.308. The zero-order valence-electron chi connectivity index (χ0n) is 10.6. The second kappa shape index (κ2) is 5.99.